The molecule has 0 aliphatic carbocycles. The van der Waals surface area contributed by atoms with Crippen LogP contribution >= 0.6 is 0 Å². The number of phenolic OH excluding ortho intramolecular Hbond substituents is 1. The Labute approximate surface area is 394 Å². The van der Waals surface area contributed by atoms with E-state index in [-0.39, 0.29) is 49.9 Å². The minimum absolute atomic E-state index is 0. The Morgan fingerprint density at radius 3 is 2.13 bits per heavy atom. The molecule has 0 aliphatic rings. The van der Waals surface area contributed by atoms with Crippen molar-refractivity contribution in [3.8, 4) is 67.5 Å². The van der Waals surface area contributed by atoms with E-state index in [1.54, 1.807) is 12.1 Å². The minimum atomic E-state index is -3.92. The van der Waals surface area contributed by atoms with Gasteiger partial charge in [-0.25, -0.2) is 4.98 Å². The van der Waals surface area contributed by atoms with Gasteiger partial charge in [0.1, 0.15) is 11.6 Å². The summed E-state index contributed by atoms with van der Waals surface area (Å²) < 4.78 is 148. The van der Waals surface area contributed by atoms with Gasteiger partial charge in [-0.05, 0) is 98.0 Å². The monoisotopic (exact) mass is 984 g/mol. The molecule has 4 nitrogen and oxygen atoms in total. The number of fused-ring (bicyclic) bond motifs is 1. The second kappa shape index (κ2) is 17.2. The molecule has 5 heteroatoms. The summed E-state index contributed by atoms with van der Waals surface area (Å²) in [6, 6.07) is 27.0. The van der Waals surface area contributed by atoms with Crippen molar-refractivity contribution in [3.63, 3.8) is 0 Å². The number of hydrogen-bond donors (Lipinski definition) is 1. The molecule has 0 bridgehead atoms. The summed E-state index contributed by atoms with van der Waals surface area (Å²) in [6.45, 7) is 0.0104. The minimum Gasteiger partial charge on any atom is -0.507 e. The van der Waals surface area contributed by atoms with Crippen LogP contribution in [0.2, 0.25) is 0 Å². The van der Waals surface area contributed by atoms with Crippen LogP contribution in [-0.2, 0) is 26.5 Å². The fourth-order valence-electron chi connectivity index (χ4n) is 7.17. The molecular weight excluding hydrogens is 914 g/mol. The quantitative estimate of drug-likeness (QED) is 0.147. The number of para-hydroxylation sites is 1. The Hall–Kier alpha value is -5.57. The molecule has 2 heterocycles. The number of rotatable bonds is 9. The maximum atomic E-state index is 12.2. The number of aromatic hydroxyl groups is 1. The largest absolute Gasteiger partial charge is 0.507 e. The summed E-state index contributed by atoms with van der Waals surface area (Å²) in [4.78, 5) is 9.60. The van der Waals surface area contributed by atoms with Crippen LogP contribution in [0.5, 0.6) is 5.75 Å². The standard InChI is InChI=1S/C55H54N3O.Pt/c1-34(2)42-28-44(37-15-11-10-12-16-37)30-46(29-42)58-51-20-14-19-47(52(51)57-54(58)49-32-43(35(3)4)31-48(36(5)6)53(49)59)40-17-13-18-41(27-40)50-33-39(25-26-56-50)38-21-23-45(24-22-38)55(7,8)9;/h10-26,28-36,59H,1-9H3;/q-1;/i7D3,8D3,9D3,21D,22D,23D,24D,25D,26D,33D,34D;. The summed E-state index contributed by atoms with van der Waals surface area (Å²) in [6.07, 6.45) is -0.759. The summed E-state index contributed by atoms with van der Waals surface area (Å²) in [5, 5.41) is 12.2. The second-order valence-corrected chi connectivity index (χ2v) is 15.6. The molecular formula is C55H54N3OPt-. The first-order chi connectivity index (χ1) is 35.2. The maximum Gasteiger partial charge on any atom is 0.148 e. The number of benzene rings is 6. The van der Waals surface area contributed by atoms with Crippen molar-refractivity contribution in [3.05, 3.63) is 168 Å². The normalized spacial score (nSPS) is 16.7. The number of phenols is 1. The van der Waals surface area contributed by atoms with E-state index < -0.39 is 91.0 Å². The second-order valence-electron chi connectivity index (χ2n) is 15.6. The predicted molar refractivity (Wildman–Crippen MR) is 248 cm³/mol. The van der Waals surface area contributed by atoms with Gasteiger partial charge in [0.2, 0.25) is 0 Å². The molecule has 0 saturated heterocycles. The van der Waals surface area contributed by atoms with Gasteiger partial charge in [-0.15, -0.1) is 29.8 Å². The molecule has 8 rings (SSSR count). The Kier molecular flexibility index (Phi) is 7.43. The van der Waals surface area contributed by atoms with Crippen molar-refractivity contribution in [1.82, 2.24) is 14.5 Å². The van der Waals surface area contributed by atoms with Gasteiger partial charge in [0, 0.05) is 52.3 Å². The first-order valence-electron chi connectivity index (χ1n) is 28.0. The van der Waals surface area contributed by atoms with Crippen LogP contribution in [0, 0.1) is 6.07 Å². The van der Waals surface area contributed by atoms with Gasteiger partial charge in [-0.2, -0.15) is 0 Å². The average molecular weight is 985 g/mol. The zero-order valence-electron chi connectivity index (χ0n) is 51.0. The van der Waals surface area contributed by atoms with E-state index >= 15 is 0 Å². The molecule has 8 aromatic rings. The third kappa shape index (κ3) is 8.41. The van der Waals surface area contributed by atoms with Crippen LogP contribution in [0.15, 0.2) is 139 Å². The zero-order valence-corrected chi connectivity index (χ0v) is 36.3. The molecule has 0 saturated carbocycles. The molecule has 306 valence electrons. The van der Waals surface area contributed by atoms with Gasteiger partial charge in [0.15, 0.2) is 0 Å². The van der Waals surface area contributed by atoms with Crippen LogP contribution in [0.3, 0.4) is 0 Å². The van der Waals surface area contributed by atoms with E-state index in [9.17, 15) is 7.85 Å². The smallest absolute Gasteiger partial charge is 0.148 e. The Morgan fingerprint density at radius 2 is 1.43 bits per heavy atom. The predicted octanol–water partition coefficient (Wildman–Crippen LogP) is 14.9. The van der Waals surface area contributed by atoms with E-state index in [0.29, 0.717) is 39.2 Å². The van der Waals surface area contributed by atoms with Gasteiger partial charge >= 0.3 is 0 Å². The molecule has 0 spiro atoms. The van der Waals surface area contributed by atoms with Gasteiger partial charge in [0.05, 0.1) is 26.2 Å². The molecule has 0 fully saturated rings. The van der Waals surface area contributed by atoms with Crippen molar-refractivity contribution in [1.29, 1.82) is 0 Å². The third-order valence-corrected chi connectivity index (χ3v) is 10.4. The van der Waals surface area contributed by atoms with Crippen LogP contribution in [0.1, 0.15) is 125 Å². The van der Waals surface area contributed by atoms with E-state index in [1.807, 2.05) is 111 Å². The molecule has 6 aromatic carbocycles. The fraction of sp³-hybridized carbons (Fsp3) is 0.236. The van der Waals surface area contributed by atoms with Crippen molar-refractivity contribution in [2.24, 2.45) is 0 Å². The molecule has 0 amide bonds. The molecule has 2 aromatic heterocycles. The Balaban J connectivity index is 0.00000861. The Morgan fingerprint density at radius 1 is 0.700 bits per heavy atom. The van der Waals surface area contributed by atoms with Gasteiger partial charge in [-0.1, -0.05) is 158 Å². The van der Waals surface area contributed by atoms with Crippen molar-refractivity contribution >= 4 is 11.0 Å². The van der Waals surface area contributed by atoms with Crippen LogP contribution in [-0.4, -0.2) is 19.6 Å². The van der Waals surface area contributed by atoms with Gasteiger partial charge in [0.25, 0.3) is 0 Å². The number of pyridine rings is 1. The van der Waals surface area contributed by atoms with Crippen molar-refractivity contribution in [2.45, 2.75) is 85.2 Å². The number of imidazole rings is 1. The number of hydrogen-bond acceptors (Lipinski definition) is 3. The van der Waals surface area contributed by atoms with E-state index in [4.69, 9.17) is 25.5 Å². The van der Waals surface area contributed by atoms with Crippen molar-refractivity contribution < 1.29 is 49.5 Å². The summed E-state index contributed by atoms with van der Waals surface area (Å²) >= 11 is 0. The van der Waals surface area contributed by atoms with Crippen LogP contribution in [0.4, 0.5) is 0 Å². The number of aromatic nitrogens is 3. The molecule has 1 N–H and O–H groups in total. The van der Waals surface area contributed by atoms with Crippen LogP contribution in [0.25, 0.3) is 72.7 Å². The summed E-state index contributed by atoms with van der Waals surface area (Å²) in [7, 11) is 0. The van der Waals surface area contributed by atoms with Crippen LogP contribution < -0.4 is 0 Å². The van der Waals surface area contributed by atoms with E-state index in [2.05, 4.69) is 24.9 Å². The zero-order chi connectivity index (χ0) is 56.1. The fourth-order valence-corrected chi connectivity index (χ4v) is 7.17. The average Bonchev–Trinajstić information content (AvgIpc) is 3.72. The molecule has 0 unspecified atom stereocenters. The maximum absolute atomic E-state index is 12.2. The number of nitrogens with zero attached hydrogens (tertiary/aromatic N) is 3. The first kappa shape index (κ1) is 25.9. The molecule has 0 radical (unpaired) electrons. The molecule has 0 aliphatic heterocycles. The van der Waals surface area contributed by atoms with E-state index in [0.717, 1.165) is 27.8 Å². The third-order valence-electron chi connectivity index (χ3n) is 10.4. The molecule has 60 heavy (non-hydrogen) atoms. The summed E-state index contributed by atoms with van der Waals surface area (Å²) in [5.74, 6) is -0.548. The summed E-state index contributed by atoms with van der Waals surface area (Å²) in [5.41, 5.74) is 0.486. The Bertz CT molecular complexity index is 3530. The first-order valence-corrected chi connectivity index (χ1v) is 19.5. The van der Waals surface area contributed by atoms with Crippen molar-refractivity contribution in [2.75, 3.05) is 0 Å². The van der Waals surface area contributed by atoms with Gasteiger partial charge < -0.3 is 5.11 Å². The van der Waals surface area contributed by atoms with Gasteiger partial charge in [-0.3, -0.25) is 9.55 Å². The topological polar surface area (TPSA) is 50.9 Å². The SMILES string of the molecule is [2H]c1nc(-c2[c-]c(-c3cccc4c3nc(-c3cc(C(C)C)cc(C(C)C)c3O)n4-c3cc(-c4ccccc4)cc(C([2H])(C)C)c3)ccc2)c([2H])c(-c2c([2H])c([2H])c(C(C([2H])([2H])[2H])(C([2H])([2H])[2H])C([2H])([2H])[2H])c([2H])c2[2H])c1[2H].[Pt]. The van der Waals surface area contributed by atoms with E-state index in [1.165, 1.54) is 6.07 Å². The molecule has 0 atom stereocenters.